The molecule has 0 bridgehead atoms. The number of fused-ring (bicyclic) bond motifs is 3. The third-order valence-corrected chi connectivity index (χ3v) is 7.40. The monoisotopic (exact) mass is 382 g/mol. The first-order chi connectivity index (χ1) is 13.6. The molecule has 0 saturated heterocycles. The Bertz CT molecular complexity index is 1060. The molecule has 0 nitrogen and oxygen atoms in total. The summed E-state index contributed by atoms with van der Waals surface area (Å²) < 4.78 is 0. The van der Waals surface area contributed by atoms with Crippen LogP contribution in [0.15, 0.2) is 54.1 Å². The summed E-state index contributed by atoms with van der Waals surface area (Å²) in [4.78, 5) is 0. The van der Waals surface area contributed by atoms with Crippen molar-refractivity contribution >= 4 is 0 Å². The van der Waals surface area contributed by atoms with Gasteiger partial charge in [0, 0.05) is 5.41 Å². The minimum absolute atomic E-state index is 0.159. The van der Waals surface area contributed by atoms with E-state index in [9.17, 15) is 0 Å². The maximum Gasteiger partial charge on any atom is 0.0172 e. The highest BCUT2D eigenvalue weighted by Gasteiger charge is 2.49. The Hall–Kier alpha value is -2.08. The van der Waals surface area contributed by atoms with Crippen molar-refractivity contribution in [2.75, 3.05) is 0 Å². The van der Waals surface area contributed by atoms with E-state index in [4.69, 9.17) is 0 Å². The van der Waals surface area contributed by atoms with Gasteiger partial charge in [0.1, 0.15) is 0 Å². The summed E-state index contributed by atoms with van der Waals surface area (Å²) in [6.45, 7) is 14.0. The van der Waals surface area contributed by atoms with Gasteiger partial charge >= 0.3 is 0 Å². The standard InChI is InChI=1S/C29H34/c1-27(2,3)21-12-11-19-15-25-24(23(19)16-21)17-22(28(4,5)6)18-26(25)29(13-14-29)20-9-7-8-10-20/h7-9,11-12,16-18H,10,13-15H2,1-6H3. The van der Waals surface area contributed by atoms with Gasteiger partial charge in [-0.1, -0.05) is 95.7 Å². The van der Waals surface area contributed by atoms with Crippen molar-refractivity contribution in [2.24, 2.45) is 0 Å². The van der Waals surface area contributed by atoms with Gasteiger partial charge < -0.3 is 0 Å². The van der Waals surface area contributed by atoms with Gasteiger partial charge in [0.2, 0.25) is 0 Å². The lowest BCUT2D eigenvalue weighted by Crippen LogP contribution is -2.17. The van der Waals surface area contributed by atoms with Crippen molar-refractivity contribution in [3.8, 4) is 11.1 Å². The largest absolute Gasteiger partial charge is 0.0804 e. The molecule has 150 valence electrons. The van der Waals surface area contributed by atoms with Crippen molar-refractivity contribution in [1.82, 2.24) is 0 Å². The van der Waals surface area contributed by atoms with Crippen molar-refractivity contribution in [3.63, 3.8) is 0 Å². The molecule has 5 rings (SSSR count). The molecule has 0 N–H and O–H groups in total. The van der Waals surface area contributed by atoms with Gasteiger partial charge in [-0.05, 0) is 75.5 Å². The normalized spacial score (nSPS) is 19.2. The molecule has 0 atom stereocenters. The molecule has 3 aliphatic carbocycles. The van der Waals surface area contributed by atoms with Crippen LogP contribution in [0.2, 0.25) is 0 Å². The first-order valence-electron chi connectivity index (χ1n) is 11.3. The predicted octanol–water partition coefficient (Wildman–Crippen LogP) is 7.77. The molecule has 29 heavy (non-hydrogen) atoms. The minimum atomic E-state index is 0.159. The van der Waals surface area contributed by atoms with Gasteiger partial charge in [-0.15, -0.1) is 0 Å². The van der Waals surface area contributed by atoms with Crippen LogP contribution >= 0.6 is 0 Å². The summed E-state index contributed by atoms with van der Waals surface area (Å²) in [6, 6.07) is 12.3. The van der Waals surface area contributed by atoms with Crippen molar-refractivity contribution in [1.29, 1.82) is 0 Å². The highest BCUT2D eigenvalue weighted by atomic mass is 14.5. The quantitative estimate of drug-likeness (QED) is 0.424. The molecule has 1 fully saturated rings. The highest BCUT2D eigenvalue weighted by molar-refractivity contribution is 5.81. The van der Waals surface area contributed by atoms with E-state index in [-0.39, 0.29) is 10.8 Å². The Kier molecular flexibility index (Phi) is 3.90. The Morgan fingerprint density at radius 2 is 1.48 bits per heavy atom. The van der Waals surface area contributed by atoms with Gasteiger partial charge in [-0.2, -0.15) is 0 Å². The van der Waals surface area contributed by atoms with E-state index in [2.05, 4.69) is 90.1 Å². The van der Waals surface area contributed by atoms with Crippen LogP contribution in [0.25, 0.3) is 11.1 Å². The van der Waals surface area contributed by atoms with Crippen LogP contribution in [-0.4, -0.2) is 0 Å². The van der Waals surface area contributed by atoms with Gasteiger partial charge in [-0.25, -0.2) is 0 Å². The lowest BCUT2D eigenvalue weighted by Gasteiger charge is -2.27. The number of benzene rings is 2. The van der Waals surface area contributed by atoms with Gasteiger partial charge in [0.15, 0.2) is 0 Å². The molecule has 0 aliphatic heterocycles. The van der Waals surface area contributed by atoms with E-state index >= 15 is 0 Å². The number of hydrogen-bond donors (Lipinski definition) is 0. The third-order valence-electron chi connectivity index (χ3n) is 7.40. The molecule has 3 aliphatic rings. The average molecular weight is 383 g/mol. The SMILES string of the molecule is CC(C)(C)c1ccc2c(c1)-c1cc(C(C)(C)C)cc(C3(C4=CC=CC4)CC3)c1C2. The Balaban J connectivity index is 1.73. The van der Waals surface area contributed by atoms with Crippen LogP contribution in [0.3, 0.4) is 0 Å². The summed E-state index contributed by atoms with van der Waals surface area (Å²) in [5, 5.41) is 0. The van der Waals surface area contributed by atoms with E-state index < -0.39 is 0 Å². The second-order valence-corrected chi connectivity index (χ2v) is 11.5. The molecule has 0 aromatic heterocycles. The summed E-state index contributed by atoms with van der Waals surface area (Å²) in [5.74, 6) is 0. The second kappa shape index (κ2) is 5.97. The van der Waals surface area contributed by atoms with Crippen LogP contribution in [0, 0.1) is 0 Å². The van der Waals surface area contributed by atoms with Crippen LogP contribution < -0.4 is 0 Å². The Morgan fingerprint density at radius 1 is 0.793 bits per heavy atom. The molecular weight excluding hydrogens is 348 g/mol. The molecule has 2 aromatic rings. The Labute approximate surface area is 176 Å². The molecule has 0 radical (unpaired) electrons. The highest BCUT2D eigenvalue weighted by Crippen LogP contribution is 2.59. The molecule has 0 spiro atoms. The summed E-state index contributed by atoms with van der Waals surface area (Å²) in [6.07, 6.45) is 11.8. The smallest absolute Gasteiger partial charge is 0.0172 e. The number of hydrogen-bond acceptors (Lipinski definition) is 0. The van der Waals surface area contributed by atoms with Gasteiger partial charge in [0.25, 0.3) is 0 Å². The fourth-order valence-corrected chi connectivity index (χ4v) is 5.29. The zero-order valence-electron chi connectivity index (χ0n) is 18.9. The molecule has 0 heteroatoms. The lowest BCUT2D eigenvalue weighted by molar-refractivity contribution is 0.587. The fraction of sp³-hybridized carbons (Fsp3) is 0.448. The van der Waals surface area contributed by atoms with Crippen LogP contribution in [0.4, 0.5) is 0 Å². The average Bonchev–Trinajstić information content (AvgIpc) is 3.10. The Morgan fingerprint density at radius 3 is 2.07 bits per heavy atom. The van der Waals surface area contributed by atoms with Crippen molar-refractivity contribution in [3.05, 3.63) is 82.0 Å². The zero-order chi connectivity index (χ0) is 20.6. The van der Waals surface area contributed by atoms with E-state index in [0.29, 0.717) is 5.41 Å². The van der Waals surface area contributed by atoms with E-state index in [1.165, 1.54) is 40.7 Å². The van der Waals surface area contributed by atoms with Gasteiger partial charge in [-0.3, -0.25) is 0 Å². The first kappa shape index (κ1) is 18.9. The topological polar surface area (TPSA) is 0 Å². The fourth-order valence-electron chi connectivity index (χ4n) is 5.29. The number of rotatable bonds is 2. The third kappa shape index (κ3) is 2.95. The lowest BCUT2D eigenvalue weighted by atomic mass is 9.77. The summed E-state index contributed by atoms with van der Waals surface area (Å²) >= 11 is 0. The minimum Gasteiger partial charge on any atom is -0.0804 e. The summed E-state index contributed by atoms with van der Waals surface area (Å²) in [7, 11) is 0. The van der Waals surface area contributed by atoms with E-state index in [1.807, 2.05) is 0 Å². The van der Waals surface area contributed by atoms with Gasteiger partial charge in [0.05, 0.1) is 0 Å². The van der Waals surface area contributed by atoms with Crippen molar-refractivity contribution < 1.29 is 0 Å². The van der Waals surface area contributed by atoms with E-state index in [0.717, 1.165) is 12.8 Å². The molecular formula is C29H34. The second-order valence-electron chi connectivity index (χ2n) is 11.5. The van der Waals surface area contributed by atoms with Crippen LogP contribution in [0.1, 0.15) is 88.6 Å². The molecule has 2 aromatic carbocycles. The molecule has 1 saturated carbocycles. The molecule has 0 amide bonds. The predicted molar refractivity (Wildman–Crippen MR) is 125 cm³/mol. The maximum absolute atomic E-state index is 2.57. The van der Waals surface area contributed by atoms with Crippen LogP contribution in [0.5, 0.6) is 0 Å². The zero-order valence-corrected chi connectivity index (χ0v) is 18.9. The molecule has 0 unspecified atom stereocenters. The van der Waals surface area contributed by atoms with Crippen molar-refractivity contribution in [2.45, 2.75) is 83.5 Å². The first-order valence-corrected chi connectivity index (χ1v) is 11.3. The van der Waals surface area contributed by atoms with Crippen LogP contribution in [-0.2, 0) is 22.7 Å². The maximum atomic E-state index is 2.57. The van der Waals surface area contributed by atoms with E-state index in [1.54, 1.807) is 16.7 Å². The summed E-state index contributed by atoms with van der Waals surface area (Å²) in [5.41, 5.74) is 12.9. The number of allylic oxidation sites excluding steroid dienone is 4. The molecule has 0 heterocycles.